The average molecular weight is 324 g/mol. The van der Waals surface area contributed by atoms with Gasteiger partial charge < -0.3 is 9.64 Å². The third-order valence-electron chi connectivity index (χ3n) is 3.01. The number of hydrogen-bond acceptors (Lipinski definition) is 2. The number of benzene rings is 2. The number of methoxy groups -OCH3 is 1. The molecular formula is C15H15BrFNO. The minimum absolute atomic E-state index is 0.227. The van der Waals surface area contributed by atoms with Crippen molar-refractivity contribution in [3.05, 3.63) is 53.8 Å². The van der Waals surface area contributed by atoms with Crippen molar-refractivity contribution >= 4 is 27.3 Å². The van der Waals surface area contributed by atoms with Crippen LogP contribution in [0.1, 0.15) is 5.56 Å². The molecule has 19 heavy (non-hydrogen) atoms. The lowest BCUT2D eigenvalue weighted by Gasteiger charge is -2.23. The van der Waals surface area contributed by atoms with E-state index in [0.29, 0.717) is 11.0 Å². The van der Waals surface area contributed by atoms with Crippen molar-refractivity contribution in [3.63, 3.8) is 0 Å². The first-order valence-electron chi connectivity index (χ1n) is 5.88. The van der Waals surface area contributed by atoms with Gasteiger partial charge in [0.2, 0.25) is 0 Å². The number of hydrogen-bond donors (Lipinski definition) is 0. The molecule has 0 atom stereocenters. The van der Waals surface area contributed by atoms with E-state index >= 15 is 0 Å². The Labute approximate surface area is 120 Å². The van der Waals surface area contributed by atoms with Crippen molar-refractivity contribution in [2.45, 2.75) is 5.33 Å². The fourth-order valence-corrected chi connectivity index (χ4v) is 2.43. The summed E-state index contributed by atoms with van der Waals surface area (Å²) in [7, 11) is 3.48. The Hall–Kier alpha value is -1.55. The van der Waals surface area contributed by atoms with Crippen LogP contribution in [-0.2, 0) is 5.33 Å². The van der Waals surface area contributed by atoms with Gasteiger partial charge in [0.25, 0.3) is 0 Å². The zero-order chi connectivity index (χ0) is 13.8. The van der Waals surface area contributed by atoms with E-state index in [4.69, 9.17) is 4.74 Å². The highest BCUT2D eigenvalue weighted by Crippen LogP contribution is 2.31. The van der Waals surface area contributed by atoms with E-state index in [0.717, 1.165) is 17.0 Å². The number of rotatable bonds is 4. The van der Waals surface area contributed by atoms with Gasteiger partial charge in [0.05, 0.1) is 12.8 Å². The second kappa shape index (κ2) is 6.06. The van der Waals surface area contributed by atoms with Crippen LogP contribution >= 0.6 is 15.9 Å². The summed E-state index contributed by atoms with van der Waals surface area (Å²) in [5.41, 5.74) is 2.41. The van der Waals surface area contributed by atoms with Crippen LogP contribution in [0.3, 0.4) is 0 Å². The van der Waals surface area contributed by atoms with Crippen LogP contribution in [0.5, 0.6) is 5.75 Å². The van der Waals surface area contributed by atoms with Gasteiger partial charge >= 0.3 is 0 Å². The van der Waals surface area contributed by atoms with Gasteiger partial charge in [-0.25, -0.2) is 4.39 Å². The highest BCUT2D eigenvalue weighted by atomic mass is 79.9. The molecule has 0 bridgehead atoms. The molecular weight excluding hydrogens is 309 g/mol. The Bertz CT molecular complexity index is 557. The highest BCUT2D eigenvalue weighted by molar-refractivity contribution is 9.08. The molecule has 0 heterocycles. The van der Waals surface area contributed by atoms with E-state index < -0.39 is 0 Å². The maximum absolute atomic E-state index is 14.0. The predicted octanol–water partition coefficient (Wildman–Crippen LogP) is 4.50. The smallest absolute Gasteiger partial charge is 0.147 e. The van der Waals surface area contributed by atoms with Crippen LogP contribution < -0.4 is 9.64 Å². The van der Waals surface area contributed by atoms with Gasteiger partial charge in [-0.1, -0.05) is 28.1 Å². The number of alkyl halides is 1. The summed E-state index contributed by atoms with van der Waals surface area (Å²) in [5, 5.41) is 0.612. The number of anilines is 2. The maximum atomic E-state index is 14.0. The van der Waals surface area contributed by atoms with Crippen molar-refractivity contribution in [2.24, 2.45) is 0 Å². The zero-order valence-electron chi connectivity index (χ0n) is 10.9. The fourth-order valence-electron chi connectivity index (χ4n) is 1.98. The van der Waals surface area contributed by atoms with Crippen LogP contribution in [0.2, 0.25) is 0 Å². The van der Waals surface area contributed by atoms with E-state index in [1.165, 1.54) is 6.07 Å². The lowest BCUT2D eigenvalue weighted by atomic mass is 10.1. The SMILES string of the molecule is COc1ccc(N(C)c2c(F)cccc2CBr)cc1. The van der Waals surface area contributed by atoms with Gasteiger partial charge in [-0.15, -0.1) is 0 Å². The zero-order valence-corrected chi connectivity index (χ0v) is 12.4. The first-order valence-corrected chi connectivity index (χ1v) is 7.00. The molecule has 100 valence electrons. The largest absolute Gasteiger partial charge is 0.497 e. The first kappa shape index (κ1) is 13.9. The topological polar surface area (TPSA) is 12.5 Å². The maximum Gasteiger partial charge on any atom is 0.147 e. The molecule has 0 aromatic heterocycles. The van der Waals surface area contributed by atoms with Crippen LogP contribution in [0.15, 0.2) is 42.5 Å². The molecule has 0 amide bonds. The summed E-state index contributed by atoms with van der Waals surface area (Å²) >= 11 is 3.39. The van der Waals surface area contributed by atoms with Crippen molar-refractivity contribution in [1.29, 1.82) is 0 Å². The van der Waals surface area contributed by atoms with Gasteiger partial charge in [0.15, 0.2) is 0 Å². The van der Waals surface area contributed by atoms with Gasteiger partial charge in [0.1, 0.15) is 11.6 Å². The third-order valence-corrected chi connectivity index (χ3v) is 3.61. The number of ether oxygens (including phenoxy) is 1. The molecule has 0 fully saturated rings. The number of para-hydroxylation sites is 1. The normalized spacial score (nSPS) is 10.3. The molecule has 0 aliphatic rings. The van der Waals surface area contributed by atoms with Crippen molar-refractivity contribution < 1.29 is 9.13 Å². The van der Waals surface area contributed by atoms with Crippen LogP contribution in [0.25, 0.3) is 0 Å². The molecule has 0 saturated carbocycles. The fraction of sp³-hybridized carbons (Fsp3) is 0.200. The molecule has 2 aromatic rings. The van der Waals surface area contributed by atoms with Gasteiger partial charge in [-0.05, 0) is 35.9 Å². The Morgan fingerprint density at radius 3 is 2.42 bits per heavy atom. The summed E-state index contributed by atoms with van der Waals surface area (Å²) in [4.78, 5) is 1.84. The van der Waals surface area contributed by atoms with E-state index in [-0.39, 0.29) is 5.82 Å². The summed E-state index contributed by atoms with van der Waals surface area (Å²) in [5.74, 6) is 0.557. The number of nitrogens with zero attached hydrogens (tertiary/aromatic N) is 1. The lowest BCUT2D eigenvalue weighted by molar-refractivity contribution is 0.415. The molecule has 0 aliphatic carbocycles. The standard InChI is InChI=1S/C15H15BrFNO/c1-18(12-6-8-13(19-2)9-7-12)15-11(10-16)4-3-5-14(15)17/h3-9H,10H2,1-2H3. The first-order chi connectivity index (χ1) is 9.17. The quantitative estimate of drug-likeness (QED) is 0.768. The predicted molar refractivity (Wildman–Crippen MR) is 80.1 cm³/mol. The second-order valence-electron chi connectivity index (χ2n) is 4.14. The van der Waals surface area contributed by atoms with E-state index in [1.807, 2.05) is 42.3 Å². The van der Waals surface area contributed by atoms with E-state index in [9.17, 15) is 4.39 Å². The summed E-state index contributed by atoms with van der Waals surface area (Å²) in [6, 6.07) is 12.6. The van der Waals surface area contributed by atoms with Gasteiger partial charge in [-0.2, -0.15) is 0 Å². The average Bonchev–Trinajstić information content (AvgIpc) is 2.46. The Morgan fingerprint density at radius 2 is 1.84 bits per heavy atom. The molecule has 0 saturated heterocycles. The number of halogens is 2. The van der Waals surface area contributed by atoms with Crippen molar-refractivity contribution in [2.75, 3.05) is 19.1 Å². The second-order valence-corrected chi connectivity index (χ2v) is 4.70. The summed E-state index contributed by atoms with van der Waals surface area (Å²) in [6.07, 6.45) is 0. The lowest BCUT2D eigenvalue weighted by Crippen LogP contribution is -2.13. The molecule has 0 spiro atoms. The third kappa shape index (κ3) is 2.89. The van der Waals surface area contributed by atoms with Crippen molar-refractivity contribution in [3.8, 4) is 5.75 Å². The molecule has 0 aliphatic heterocycles. The van der Waals surface area contributed by atoms with Gasteiger partial charge in [-0.3, -0.25) is 0 Å². The van der Waals surface area contributed by atoms with Crippen molar-refractivity contribution in [1.82, 2.24) is 0 Å². The molecule has 2 rings (SSSR count). The Balaban J connectivity index is 2.40. The summed E-state index contributed by atoms with van der Waals surface area (Å²) < 4.78 is 19.2. The molecule has 2 nitrogen and oxygen atoms in total. The van der Waals surface area contributed by atoms with Crippen LogP contribution in [0, 0.1) is 5.82 Å². The molecule has 0 unspecified atom stereocenters. The summed E-state index contributed by atoms with van der Waals surface area (Å²) in [6.45, 7) is 0. The monoisotopic (exact) mass is 323 g/mol. The van der Waals surface area contributed by atoms with Gasteiger partial charge in [0, 0.05) is 18.1 Å². The molecule has 4 heteroatoms. The van der Waals surface area contributed by atoms with E-state index in [2.05, 4.69) is 15.9 Å². The highest BCUT2D eigenvalue weighted by Gasteiger charge is 2.13. The van der Waals surface area contributed by atoms with Crippen LogP contribution in [-0.4, -0.2) is 14.2 Å². The molecule has 0 radical (unpaired) electrons. The Kier molecular flexibility index (Phi) is 4.43. The van der Waals surface area contributed by atoms with Crippen LogP contribution in [0.4, 0.5) is 15.8 Å². The molecule has 2 aromatic carbocycles. The Morgan fingerprint density at radius 1 is 1.16 bits per heavy atom. The molecule has 0 N–H and O–H groups in total. The van der Waals surface area contributed by atoms with E-state index in [1.54, 1.807) is 13.2 Å². The minimum atomic E-state index is -0.227. The minimum Gasteiger partial charge on any atom is -0.497 e.